The van der Waals surface area contributed by atoms with Crippen molar-refractivity contribution in [3.63, 3.8) is 0 Å². The summed E-state index contributed by atoms with van der Waals surface area (Å²) in [4.78, 5) is 15.4. The first kappa shape index (κ1) is 22.0. The molecule has 1 saturated carbocycles. The number of carbonyl (C=O) groups excluding carboxylic acids is 1. The predicted octanol–water partition coefficient (Wildman–Crippen LogP) is 2.35. The Labute approximate surface area is 168 Å². The quantitative estimate of drug-likeness (QED) is 0.247. The molecule has 0 unspecified atom stereocenters. The number of nitrogens with two attached hydrogens (primary N) is 1. The van der Waals surface area contributed by atoms with Gasteiger partial charge in [-0.25, -0.2) is 4.99 Å². The average Bonchev–Trinajstić information content (AvgIpc) is 2.97. The summed E-state index contributed by atoms with van der Waals surface area (Å²) in [6.45, 7) is 4.62. The minimum atomic E-state index is -0.492. The van der Waals surface area contributed by atoms with Crippen LogP contribution in [0.15, 0.2) is 29.3 Å². The van der Waals surface area contributed by atoms with Gasteiger partial charge in [-0.05, 0) is 37.5 Å². The number of hydrogen-bond donors (Lipinski definition) is 3. The molecule has 28 heavy (non-hydrogen) atoms. The fourth-order valence-corrected chi connectivity index (χ4v) is 3.20. The Morgan fingerprint density at radius 1 is 1.21 bits per heavy atom. The van der Waals surface area contributed by atoms with E-state index in [0.717, 1.165) is 24.6 Å². The molecule has 156 valence electrons. The molecular weight excluding hydrogens is 356 g/mol. The molecule has 0 saturated heterocycles. The number of nitrogens with one attached hydrogen (secondary N) is 2. The SMILES string of the molecule is CCNC(=NCc1cccc(OCC(N)=O)c1)NCCOC1CCCCCC1. The van der Waals surface area contributed by atoms with Crippen LogP contribution in [0.25, 0.3) is 0 Å². The molecule has 1 fully saturated rings. The third kappa shape index (κ3) is 9.08. The van der Waals surface area contributed by atoms with E-state index in [1.807, 2.05) is 25.1 Å². The largest absolute Gasteiger partial charge is 0.484 e. The van der Waals surface area contributed by atoms with Crippen LogP contribution in [-0.4, -0.2) is 44.3 Å². The van der Waals surface area contributed by atoms with Crippen molar-refractivity contribution >= 4 is 11.9 Å². The highest BCUT2D eigenvalue weighted by molar-refractivity contribution is 5.79. The second kappa shape index (κ2) is 13.0. The molecule has 1 aliphatic carbocycles. The van der Waals surface area contributed by atoms with E-state index in [-0.39, 0.29) is 6.61 Å². The second-order valence-electron chi connectivity index (χ2n) is 7.01. The molecular formula is C21H34N4O3. The third-order valence-corrected chi connectivity index (χ3v) is 4.59. The molecule has 2 rings (SSSR count). The summed E-state index contributed by atoms with van der Waals surface area (Å²) in [6, 6.07) is 7.51. The zero-order valence-corrected chi connectivity index (χ0v) is 16.9. The van der Waals surface area contributed by atoms with E-state index in [1.165, 1.54) is 38.5 Å². The van der Waals surface area contributed by atoms with Gasteiger partial charge in [0.05, 0.1) is 19.3 Å². The fourth-order valence-electron chi connectivity index (χ4n) is 3.20. The molecule has 7 heteroatoms. The number of aliphatic imine (C=N–C) groups is 1. The third-order valence-electron chi connectivity index (χ3n) is 4.59. The number of carbonyl (C=O) groups is 1. The lowest BCUT2D eigenvalue weighted by molar-refractivity contribution is -0.119. The Bertz CT molecular complexity index is 613. The Hall–Kier alpha value is -2.28. The predicted molar refractivity (Wildman–Crippen MR) is 111 cm³/mol. The molecule has 0 aromatic heterocycles. The Balaban J connectivity index is 1.77. The first-order valence-electron chi connectivity index (χ1n) is 10.3. The van der Waals surface area contributed by atoms with Gasteiger partial charge in [0.25, 0.3) is 5.91 Å². The van der Waals surface area contributed by atoms with Crippen LogP contribution in [0, 0.1) is 0 Å². The summed E-state index contributed by atoms with van der Waals surface area (Å²) in [5.41, 5.74) is 6.11. The molecule has 4 N–H and O–H groups in total. The maximum absolute atomic E-state index is 10.8. The van der Waals surface area contributed by atoms with Crippen molar-refractivity contribution in [3.8, 4) is 5.75 Å². The van der Waals surface area contributed by atoms with Crippen LogP contribution >= 0.6 is 0 Å². The monoisotopic (exact) mass is 390 g/mol. The van der Waals surface area contributed by atoms with Crippen LogP contribution < -0.4 is 21.1 Å². The number of amides is 1. The summed E-state index contributed by atoms with van der Waals surface area (Å²) in [5, 5.41) is 6.57. The highest BCUT2D eigenvalue weighted by Crippen LogP contribution is 2.19. The van der Waals surface area contributed by atoms with Gasteiger partial charge in [-0.2, -0.15) is 0 Å². The number of hydrogen-bond acceptors (Lipinski definition) is 4. The number of rotatable bonds is 10. The highest BCUT2D eigenvalue weighted by Gasteiger charge is 2.12. The lowest BCUT2D eigenvalue weighted by Gasteiger charge is -2.16. The molecule has 0 radical (unpaired) electrons. The van der Waals surface area contributed by atoms with E-state index >= 15 is 0 Å². The average molecular weight is 391 g/mol. The van der Waals surface area contributed by atoms with Crippen molar-refractivity contribution in [3.05, 3.63) is 29.8 Å². The smallest absolute Gasteiger partial charge is 0.255 e. The van der Waals surface area contributed by atoms with E-state index in [4.69, 9.17) is 15.2 Å². The van der Waals surface area contributed by atoms with Crippen molar-refractivity contribution in [1.29, 1.82) is 0 Å². The van der Waals surface area contributed by atoms with Crippen LogP contribution in [0.3, 0.4) is 0 Å². The number of guanidine groups is 1. The molecule has 1 aromatic carbocycles. The summed E-state index contributed by atoms with van der Waals surface area (Å²) < 4.78 is 11.4. The molecule has 7 nitrogen and oxygen atoms in total. The molecule has 0 atom stereocenters. The van der Waals surface area contributed by atoms with E-state index in [1.54, 1.807) is 6.07 Å². The lowest BCUT2D eigenvalue weighted by atomic mass is 10.1. The maximum Gasteiger partial charge on any atom is 0.255 e. The lowest BCUT2D eigenvalue weighted by Crippen LogP contribution is -2.39. The molecule has 0 spiro atoms. The van der Waals surface area contributed by atoms with E-state index in [9.17, 15) is 4.79 Å². The zero-order chi connectivity index (χ0) is 20.0. The van der Waals surface area contributed by atoms with Gasteiger partial charge >= 0.3 is 0 Å². The minimum absolute atomic E-state index is 0.127. The van der Waals surface area contributed by atoms with Crippen molar-refractivity contribution in [2.24, 2.45) is 10.7 Å². The van der Waals surface area contributed by atoms with Gasteiger partial charge < -0.3 is 25.8 Å². The van der Waals surface area contributed by atoms with Crippen LogP contribution in [0.1, 0.15) is 51.0 Å². The summed E-state index contributed by atoms with van der Waals surface area (Å²) >= 11 is 0. The number of benzene rings is 1. The molecule has 1 amide bonds. The van der Waals surface area contributed by atoms with E-state index in [0.29, 0.717) is 25.0 Å². The highest BCUT2D eigenvalue weighted by atomic mass is 16.5. The first-order valence-corrected chi connectivity index (χ1v) is 10.3. The topological polar surface area (TPSA) is 98.0 Å². The normalized spacial score (nSPS) is 15.7. The molecule has 1 aliphatic rings. The van der Waals surface area contributed by atoms with Crippen molar-refractivity contribution < 1.29 is 14.3 Å². The molecule has 0 aliphatic heterocycles. The van der Waals surface area contributed by atoms with E-state index in [2.05, 4.69) is 15.6 Å². The first-order chi connectivity index (χ1) is 13.7. The summed E-state index contributed by atoms with van der Waals surface area (Å²) in [5.74, 6) is 0.879. The molecule has 0 bridgehead atoms. The fraction of sp³-hybridized carbons (Fsp3) is 0.619. The van der Waals surface area contributed by atoms with Crippen LogP contribution in [0.2, 0.25) is 0 Å². The number of nitrogens with zero attached hydrogens (tertiary/aromatic N) is 1. The van der Waals surface area contributed by atoms with Gasteiger partial charge in [0, 0.05) is 13.1 Å². The standard InChI is InChI=1S/C21H34N4O3/c1-2-23-21(24-12-13-27-18-9-5-3-4-6-10-18)25-15-17-8-7-11-19(14-17)28-16-20(22)26/h7-8,11,14,18H,2-6,9-10,12-13,15-16H2,1H3,(H2,22,26)(H2,23,24,25). The number of ether oxygens (including phenoxy) is 2. The van der Waals surface area contributed by atoms with Gasteiger partial charge in [0.2, 0.25) is 0 Å². The summed E-state index contributed by atoms with van der Waals surface area (Å²) in [6.07, 6.45) is 8.01. The van der Waals surface area contributed by atoms with E-state index < -0.39 is 5.91 Å². The minimum Gasteiger partial charge on any atom is -0.484 e. The number of primary amides is 1. The van der Waals surface area contributed by atoms with Gasteiger partial charge in [-0.3, -0.25) is 4.79 Å². The Morgan fingerprint density at radius 2 is 2.00 bits per heavy atom. The second-order valence-corrected chi connectivity index (χ2v) is 7.01. The summed E-state index contributed by atoms with van der Waals surface area (Å²) in [7, 11) is 0. The van der Waals surface area contributed by atoms with Crippen LogP contribution in [0.5, 0.6) is 5.75 Å². The van der Waals surface area contributed by atoms with Gasteiger partial charge in [-0.1, -0.05) is 37.8 Å². The van der Waals surface area contributed by atoms with Gasteiger partial charge in [-0.15, -0.1) is 0 Å². The van der Waals surface area contributed by atoms with Crippen LogP contribution in [0.4, 0.5) is 0 Å². The van der Waals surface area contributed by atoms with Gasteiger partial charge in [0.1, 0.15) is 5.75 Å². The Kier molecular flexibility index (Phi) is 10.2. The van der Waals surface area contributed by atoms with Crippen molar-refractivity contribution in [2.75, 3.05) is 26.3 Å². The zero-order valence-electron chi connectivity index (χ0n) is 16.9. The van der Waals surface area contributed by atoms with Crippen LogP contribution in [-0.2, 0) is 16.1 Å². The maximum atomic E-state index is 10.8. The van der Waals surface area contributed by atoms with Gasteiger partial charge in [0.15, 0.2) is 12.6 Å². The molecule has 0 heterocycles. The van der Waals surface area contributed by atoms with Crippen molar-refractivity contribution in [2.45, 2.75) is 58.1 Å². The molecule has 1 aromatic rings. The Morgan fingerprint density at radius 3 is 2.71 bits per heavy atom. The van der Waals surface area contributed by atoms with Crippen molar-refractivity contribution in [1.82, 2.24) is 10.6 Å².